The Morgan fingerprint density at radius 1 is 0.455 bits per heavy atom. The summed E-state index contributed by atoms with van der Waals surface area (Å²) >= 11 is 0. The van der Waals surface area contributed by atoms with Crippen LogP contribution in [0, 0.1) is 36.1 Å². The summed E-state index contributed by atoms with van der Waals surface area (Å²) in [5, 5.41) is 9.62. The van der Waals surface area contributed by atoms with Crippen LogP contribution in [0.15, 0.2) is 207 Å². The number of hydrogen-bond donors (Lipinski definition) is 0. The molecule has 5 nitrogen and oxygen atoms in total. The van der Waals surface area contributed by atoms with E-state index in [1.54, 1.807) is 18.2 Å². The van der Waals surface area contributed by atoms with E-state index in [0.717, 1.165) is 94.6 Å². The molecule has 0 unspecified atom stereocenters. The third-order valence-corrected chi connectivity index (χ3v) is 16.1. The van der Waals surface area contributed by atoms with Crippen molar-refractivity contribution in [3.05, 3.63) is 264 Å². The minimum absolute atomic E-state index is 0. The molecule has 77 heavy (non-hydrogen) atoms. The number of pyridine rings is 3. The van der Waals surface area contributed by atoms with Gasteiger partial charge in [-0.2, -0.15) is 11.3 Å². The van der Waals surface area contributed by atoms with Gasteiger partial charge in [0.1, 0.15) is 5.69 Å². The van der Waals surface area contributed by atoms with Gasteiger partial charge in [0.05, 0.1) is 12.6 Å². The fourth-order valence-corrected chi connectivity index (χ4v) is 12.3. The minimum Gasteiger partial charge on any atom is -0.304 e. The Balaban J connectivity index is 0.00000631. The van der Waals surface area contributed by atoms with Crippen LogP contribution in [0.3, 0.4) is 0 Å². The monoisotopic (exact) mass is 1170 g/mol. The Kier molecular flexibility index (Phi) is 14.8. The molecule has 0 saturated heterocycles. The van der Waals surface area contributed by atoms with Crippen molar-refractivity contribution in [2.45, 2.75) is 75.0 Å². The van der Waals surface area contributed by atoms with E-state index in [1.165, 1.54) is 70.2 Å². The summed E-state index contributed by atoms with van der Waals surface area (Å²) in [4.78, 5) is 18.9. The second kappa shape index (κ2) is 22.4. The fraction of sp³-hybridized carbons (Fsp3) is 0.169. The summed E-state index contributed by atoms with van der Waals surface area (Å²) in [5.41, 5.74) is 20.5. The van der Waals surface area contributed by atoms with Gasteiger partial charge in [-0.05, 0) is 122 Å². The van der Waals surface area contributed by atoms with E-state index in [9.17, 15) is 5.26 Å². The van der Waals surface area contributed by atoms with Crippen molar-refractivity contribution in [3.8, 4) is 84.3 Å². The van der Waals surface area contributed by atoms with Crippen LogP contribution in [0.4, 0.5) is 5.69 Å². The first-order valence-electron chi connectivity index (χ1n) is 26.6. The Bertz CT molecular complexity index is 3630. The van der Waals surface area contributed by atoms with Crippen molar-refractivity contribution < 1.29 is 20.1 Å². The van der Waals surface area contributed by atoms with Gasteiger partial charge in [-0.15, -0.1) is 89.5 Å². The SMILES string of the molecule is [C-]#[N+]c1cc[c-]c(-c2ccc(C3(Cc4cc(CC5(c6ccc(-c7[c-]ccc(C#N)c7)nc6)CCCC5)cc(-c5ccccc5-c5cnc(-c6[c-]cccc6)cc5-c5ccc(-c6ccccc6)cc5)c4)CCCC3)cn2)c1.[Ir+3]. The molecule has 10 aromatic rings. The Labute approximate surface area is 466 Å². The molecule has 0 atom stereocenters. The van der Waals surface area contributed by atoms with Crippen LogP contribution >= 0.6 is 0 Å². The number of benzene rings is 7. The van der Waals surface area contributed by atoms with Crippen molar-refractivity contribution in [2.24, 2.45) is 0 Å². The first kappa shape index (κ1) is 50.8. The maximum Gasteiger partial charge on any atom is 3.00 e. The number of hydrogen-bond acceptors (Lipinski definition) is 4. The third-order valence-electron chi connectivity index (χ3n) is 16.1. The molecule has 2 saturated carbocycles. The van der Waals surface area contributed by atoms with Gasteiger partial charge in [-0.1, -0.05) is 153 Å². The van der Waals surface area contributed by atoms with Gasteiger partial charge in [0, 0.05) is 35.0 Å². The van der Waals surface area contributed by atoms with E-state index in [4.69, 9.17) is 21.5 Å². The molecular weight excluding hydrogens is 1120 g/mol. The Morgan fingerprint density at radius 2 is 1.01 bits per heavy atom. The van der Waals surface area contributed by atoms with E-state index in [1.807, 2.05) is 36.4 Å². The summed E-state index contributed by atoms with van der Waals surface area (Å²) in [6.45, 7) is 7.58. The summed E-state index contributed by atoms with van der Waals surface area (Å²) in [7, 11) is 0. The van der Waals surface area contributed by atoms with Gasteiger partial charge in [-0.25, -0.2) is 0 Å². The standard InChI is InChI=1S/C71H54N5.Ir/c1-73-62-23-15-22-58(42-62)68-33-31-61(48-75-68)71(36-12-13-37-71)45-52-38-51(44-70(34-10-11-35-70)60-30-32-67(74-47-60)57-21-14-16-50(39-57)46-72)40-59(41-52)63-24-8-9-25-64(63)66-49-76-69(56-19-6-3-7-20-56)43-65(66)55-28-26-54(27-29-55)53-17-4-2-5-18-53;/h2-9,14-19,23-33,38-43,47-49H,10-13,34-37,44-45H2;/q-3;+3. The molecule has 0 spiro atoms. The van der Waals surface area contributed by atoms with E-state index in [0.29, 0.717) is 11.3 Å². The maximum absolute atomic E-state index is 9.62. The molecule has 0 aliphatic heterocycles. The quantitative estimate of drug-likeness (QED) is 0.108. The molecule has 2 aliphatic carbocycles. The summed E-state index contributed by atoms with van der Waals surface area (Å²) in [5.74, 6) is 0. The predicted molar refractivity (Wildman–Crippen MR) is 306 cm³/mol. The molecule has 2 fully saturated rings. The molecule has 12 rings (SSSR count). The van der Waals surface area contributed by atoms with Crippen LogP contribution in [0.2, 0.25) is 0 Å². The molecular formula is C71H54IrN5. The summed E-state index contributed by atoms with van der Waals surface area (Å²) < 4.78 is 0. The molecule has 3 heterocycles. The molecule has 0 N–H and O–H groups in total. The first-order chi connectivity index (χ1) is 37.4. The smallest absolute Gasteiger partial charge is 0.304 e. The Hall–Kier alpha value is -8.38. The van der Waals surface area contributed by atoms with Crippen LogP contribution in [-0.4, -0.2) is 15.0 Å². The van der Waals surface area contributed by atoms with Gasteiger partial charge in [-0.3, -0.25) is 4.85 Å². The van der Waals surface area contributed by atoms with E-state index in [-0.39, 0.29) is 30.9 Å². The van der Waals surface area contributed by atoms with Crippen LogP contribution in [0.25, 0.3) is 83.1 Å². The summed E-state index contributed by atoms with van der Waals surface area (Å²) in [6, 6.07) is 78.2. The maximum atomic E-state index is 9.62. The average Bonchev–Trinajstić information content (AvgIpc) is 4.19. The number of nitrogens with zero attached hydrogens (tertiary/aromatic N) is 5. The molecule has 2 aliphatic rings. The van der Waals surface area contributed by atoms with Crippen molar-refractivity contribution in [1.82, 2.24) is 15.0 Å². The zero-order chi connectivity index (χ0) is 51.3. The van der Waals surface area contributed by atoms with Gasteiger partial charge in [0.25, 0.3) is 0 Å². The van der Waals surface area contributed by atoms with Gasteiger partial charge in [0.2, 0.25) is 0 Å². The van der Waals surface area contributed by atoms with Crippen molar-refractivity contribution in [3.63, 3.8) is 0 Å². The predicted octanol–water partition coefficient (Wildman–Crippen LogP) is 17.5. The number of rotatable bonds is 13. The van der Waals surface area contributed by atoms with Crippen LogP contribution in [0.1, 0.15) is 79.2 Å². The Morgan fingerprint density at radius 3 is 1.61 bits per heavy atom. The molecule has 372 valence electrons. The molecule has 0 radical (unpaired) electrons. The van der Waals surface area contributed by atoms with Crippen molar-refractivity contribution in [1.29, 1.82) is 5.26 Å². The molecule has 3 aromatic heterocycles. The van der Waals surface area contributed by atoms with E-state index >= 15 is 0 Å². The molecule has 6 heteroatoms. The van der Waals surface area contributed by atoms with Crippen molar-refractivity contribution in [2.75, 3.05) is 0 Å². The van der Waals surface area contributed by atoms with E-state index < -0.39 is 0 Å². The van der Waals surface area contributed by atoms with Crippen LogP contribution in [0.5, 0.6) is 0 Å². The largest absolute Gasteiger partial charge is 3.00 e. The fourth-order valence-electron chi connectivity index (χ4n) is 12.3. The summed E-state index contributed by atoms with van der Waals surface area (Å²) in [6.07, 6.45) is 17.0. The van der Waals surface area contributed by atoms with Crippen LogP contribution < -0.4 is 0 Å². The van der Waals surface area contributed by atoms with E-state index in [2.05, 4.69) is 181 Å². The average molecular weight is 1170 g/mol. The number of aromatic nitrogens is 3. The van der Waals surface area contributed by atoms with Crippen LogP contribution in [-0.2, 0) is 43.8 Å². The normalized spacial score (nSPS) is 14.3. The topological polar surface area (TPSA) is 66.8 Å². The second-order valence-electron chi connectivity index (χ2n) is 20.8. The molecule has 7 aromatic carbocycles. The first-order valence-corrected chi connectivity index (χ1v) is 26.6. The molecule has 0 bridgehead atoms. The van der Waals surface area contributed by atoms with Gasteiger partial charge in [0.15, 0.2) is 0 Å². The zero-order valence-corrected chi connectivity index (χ0v) is 45.2. The minimum atomic E-state index is -0.0845. The zero-order valence-electron chi connectivity index (χ0n) is 42.8. The number of nitriles is 1. The molecule has 0 amide bonds. The van der Waals surface area contributed by atoms with Gasteiger partial charge < -0.3 is 15.0 Å². The third kappa shape index (κ3) is 10.6. The van der Waals surface area contributed by atoms with Crippen molar-refractivity contribution >= 4 is 5.69 Å². The van der Waals surface area contributed by atoms with Gasteiger partial charge >= 0.3 is 20.1 Å². The second-order valence-corrected chi connectivity index (χ2v) is 20.8.